The highest BCUT2D eigenvalue weighted by Crippen LogP contribution is 2.38. The number of nitro benzene ring substituents is 1. The van der Waals surface area contributed by atoms with Crippen molar-refractivity contribution in [1.82, 2.24) is 4.90 Å². The van der Waals surface area contributed by atoms with Crippen LogP contribution in [0.4, 0.5) is 10.7 Å². The van der Waals surface area contributed by atoms with Crippen LogP contribution in [0.1, 0.15) is 38.1 Å². The summed E-state index contributed by atoms with van der Waals surface area (Å²) in [6.45, 7) is 2.21. The molecule has 0 unspecified atom stereocenters. The lowest BCUT2D eigenvalue weighted by Crippen LogP contribution is -2.33. The van der Waals surface area contributed by atoms with Gasteiger partial charge in [0.2, 0.25) is 5.91 Å². The van der Waals surface area contributed by atoms with Crippen LogP contribution in [-0.2, 0) is 22.5 Å². The first-order chi connectivity index (χ1) is 13.7. The molecule has 2 heterocycles. The fraction of sp³-hybridized carbons (Fsp3) is 0.278. The number of carbonyl (C=O) groups excluding carboxylic acids is 3. The van der Waals surface area contributed by atoms with E-state index in [4.69, 9.17) is 16.3 Å². The summed E-state index contributed by atoms with van der Waals surface area (Å²) < 4.78 is 4.85. The second-order valence-electron chi connectivity index (χ2n) is 6.26. The molecular weight excluding hydrogens is 422 g/mol. The minimum Gasteiger partial charge on any atom is -0.465 e. The molecule has 1 aliphatic rings. The number of thiophene rings is 1. The molecule has 0 radical (unpaired) electrons. The Hall–Kier alpha value is -2.98. The van der Waals surface area contributed by atoms with Gasteiger partial charge in [-0.3, -0.25) is 19.7 Å². The fourth-order valence-corrected chi connectivity index (χ4v) is 4.52. The molecule has 1 aromatic carbocycles. The highest BCUT2D eigenvalue weighted by Gasteiger charge is 2.31. The molecule has 1 aromatic heterocycles. The highest BCUT2D eigenvalue weighted by atomic mass is 35.5. The molecule has 1 N–H and O–H groups in total. The molecule has 2 amide bonds. The first-order valence-corrected chi connectivity index (χ1v) is 9.66. The summed E-state index contributed by atoms with van der Waals surface area (Å²) in [5.41, 5.74) is 0.273. The number of fused-ring (bicyclic) bond motifs is 1. The Morgan fingerprint density at radius 2 is 2.07 bits per heavy atom. The largest absolute Gasteiger partial charge is 0.465 e. The van der Waals surface area contributed by atoms with Crippen LogP contribution in [0, 0.1) is 10.1 Å². The van der Waals surface area contributed by atoms with Crippen LogP contribution >= 0.6 is 22.9 Å². The van der Waals surface area contributed by atoms with Gasteiger partial charge >= 0.3 is 5.97 Å². The van der Waals surface area contributed by atoms with Crippen molar-refractivity contribution in [1.29, 1.82) is 0 Å². The Kier molecular flexibility index (Phi) is 5.85. The molecule has 0 aliphatic carbocycles. The van der Waals surface area contributed by atoms with Gasteiger partial charge in [0.1, 0.15) is 10.6 Å². The minimum absolute atomic E-state index is 0.0937. The molecule has 29 heavy (non-hydrogen) atoms. The predicted molar refractivity (Wildman–Crippen MR) is 107 cm³/mol. The number of carbonyl (C=O) groups is 3. The molecule has 0 bridgehead atoms. The summed E-state index contributed by atoms with van der Waals surface area (Å²) in [4.78, 5) is 49.7. The smallest absolute Gasteiger partial charge is 0.341 e. The number of ether oxygens (including phenoxy) is 1. The summed E-state index contributed by atoms with van der Waals surface area (Å²) in [5.74, 6) is -1.50. The van der Waals surface area contributed by atoms with E-state index < -0.39 is 22.5 Å². The normalized spacial score (nSPS) is 12.9. The van der Waals surface area contributed by atoms with E-state index in [0.29, 0.717) is 25.1 Å². The molecule has 0 saturated heterocycles. The van der Waals surface area contributed by atoms with E-state index in [-0.39, 0.29) is 27.1 Å². The lowest BCUT2D eigenvalue weighted by atomic mass is 10.0. The SMILES string of the molecule is COC(=O)c1c(NC(=O)c2cc(Cl)ccc2[N+](=O)[O-])sc2c1CCN(C(C)=O)C2. The van der Waals surface area contributed by atoms with E-state index >= 15 is 0 Å². The van der Waals surface area contributed by atoms with Gasteiger partial charge in [-0.15, -0.1) is 11.3 Å². The summed E-state index contributed by atoms with van der Waals surface area (Å²) >= 11 is 7.03. The highest BCUT2D eigenvalue weighted by molar-refractivity contribution is 7.17. The number of nitrogens with one attached hydrogen (secondary N) is 1. The third-order valence-corrected chi connectivity index (χ3v) is 5.89. The zero-order valence-electron chi connectivity index (χ0n) is 15.5. The van der Waals surface area contributed by atoms with Crippen LogP contribution in [0.2, 0.25) is 5.02 Å². The maximum Gasteiger partial charge on any atom is 0.341 e. The van der Waals surface area contributed by atoms with Crippen molar-refractivity contribution in [3.05, 3.63) is 54.9 Å². The zero-order valence-corrected chi connectivity index (χ0v) is 17.1. The summed E-state index contributed by atoms with van der Waals surface area (Å²) in [6, 6.07) is 3.65. The van der Waals surface area contributed by atoms with Gasteiger partial charge in [-0.25, -0.2) is 4.79 Å². The lowest BCUT2D eigenvalue weighted by molar-refractivity contribution is -0.385. The van der Waals surface area contributed by atoms with Crippen LogP contribution in [-0.4, -0.2) is 41.3 Å². The van der Waals surface area contributed by atoms with Gasteiger partial charge in [0.25, 0.3) is 11.6 Å². The summed E-state index contributed by atoms with van der Waals surface area (Å²) in [6.07, 6.45) is 0.434. The summed E-state index contributed by atoms with van der Waals surface area (Å²) in [7, 11) is 1.23. The average Bonchev–Trinajstić information content (AvgIpc) is 3.03. The maximum atomic E-state index is 12.8. The van der Waals surface area contributed by atoms with Gasteiger partial charge < -0.3 is 15.0 Å². The van der Waals surface area contributed by atoms with E-state index in [0.717, 1.165) is 22.3 Å². The molecule has 3 rings (SSSR count). The predicted octanol–water partition coefficient (Wildman–Crippen LogP) is 3.25. The van der Waals surface area contributed by atoms with E-state index in [9.17, 15) is 24.5 Å². The lowest BCUT2D eigenvalue weighted by Gasteiger charge is -2.25. The van der Waals surface area contributed by atoms with E-state index in [1.165, 1.54) is 26.2 Å². The first kappa shape index (κ1) is 20.7. The van der Waals surface area contributed by atoms with Crippen LogP contribution < -0.4 is 5.32 Å². The van der Waals surface area contributed by atoms with Crippen LogP contribution in [0.25, 0.3) is 0 Å². The number of nitro groups is 1. The molecule has 9 nitrogen and oxygen atoms in total. The molecule has 0 saturated carbocycles. The third-order valence-electron chi connectivity index (χ3n) is 4.52. The Balaban J connectivity index is 2.01. The zero-order chi connectivity index (χ0) is 21.3. The second kappa shape index (κ2) is 8.18. The van der Waals surface area contributed by atoms with Crippen molar-refractivity contribution in [3.63, 3.8) is 0 Å². The van der Waals surface area contributed by atoms with Gasteiger partial charge in [-0.1, -0.05) is 11.6 Å². The van der Waals surface area contributed by atoms with Crippen LogP contribution in [0.15, 0.2) is 18.2 Å². The van der Waals surface area contributed by atoms with Gasteiger partial charge in [0.05, 0.1) is 24.1 Å². The first-order valence-electron chi connectivity index (χ1n) is 8.46. The Labute approximate surface area is 174 Å². The average molecular weight is 438 g/mol. The fourth-order valence-electron chi connectivity index (χ4n) is 3.10. The molecule has 152 valence electrons. The number of amides is 2. The van der Waals surface area contributed by atoms with E-state index in [1.807, 2.05) is 0 Å². The van der Waals surface area contributed by atoms with Gasteiger partial charge in [-0.05, 0) is 24.1 Å². The number of nitrogens with zero attached hydrogens (tertiary/aromatic N) is 2. The van der Waals surface area contributed by atoms with E-state index in [2.05, 4.69) is 5.32 Å². The van der Waals surface area contributed by atoms with Crippen molar-refractivity contribution < 1.29 is 24.0 Å². The van der Waals surface area contributed by atoms with Crippen molar-refractivity contribution in [2.24, 2.45) is 0 Å². The molecule has 0 spiro atoms. The monoisotopic (exact) mass is 437 g/mol. The van der Waals surface area contributed by atoms with Crippen molar-refractivity contribution in [3.8, 4) is 0 Å². The maximum absolute atomic E-state index is 12.8. The molecular formula is C18H16ClN3O6S. The Morgan fingerprint density at radius 1 is 1.34 bits per heavy atom. The topological polar surface area (TPSA) is 119 Å². The van der Waals surface area contributed by atoms with Crippen LogP contribution in [0.3, 0.4) is 0 Å². The quantitative estimate of drug-likeness (QED) is 0.445. The Bertz CT molecular complexity index is 1030. The van der Waals surface area contributed by atoms with Gasteiger partial charge in [-0.2, -0.15) is 0 Å². The number of rotatable bonds is 4. The van der Waals surface area contributed by atoms with Crippen molar-refractivity contribution in [2.75, 3.05) is 19.0 Å². The number of esters is 1. The molecule has 2 aromatic rings. The number of benzene rings is 1. The molecule has 1 aliphatic heterocycles. The van der Waals surface area contributed by atoms with Gasteiger partial charge in [0, 0.05) is 29.4 Å². The molecule has 0 atom stereocenters. The number of hydrogen-bond acceptors (Lipinski definition) is 7. The number of anilines is 1. The Morgan fingerprint density at radius 3 is 2.69 bits per heavy atom. The van der Waals surface area contributed by atoms with Gasteiger partial charge in [0.15, 0.2) is 0 Å². The molecule has 0 fully saturated rings. The number of methoxy groups -OCH3 is 1. The number of hydrogen-bond donors (Lipinski definition) is 1. The third kappa shape index (κ3) is 4.08. The second-order valence-corrected chi connectivity index (χ2v) is 7.80. The molecule has 11 heteroatoms. The van der Waals surface area contributed by atoms with E-state index in [1.54, 1.807) is 4.90 Å². The number of halogens is 1. The summed E-state index contributed by atoms with van der Waals surface area (Å²) in [5, 5.41) is 14.2. The minimum atomic E-state index is -0.772. The van der Waals surface area contributed by atoms with Crippen molar-refractivity contribution in [2.45, 2.75) is 19.9 Å². The standard InChI is InChI=1S/C18H16ClN3O6S/c1-9(23)21-6-5-11-14(8-21)29-17(15(11)18(25)28-2)20-16(24)12-7-10(19)3-4-13(12)22(26)27/h3-4,7H,5-6,8H2,1-2H3,(H,20,24). The van der Waals surface area contributed by atoms with Crippen molar-refractivity contribution >= 4 is 51.4 Å². The van der Waals surface area contributed by atoms with Crippen LogP contribution in [0.5, 0.6) is 0 Å².